The summed E-state index contributed by atoms with van der Waals surface area (Å²) in [5.74, 6) is 0. The zero-order chi connectivity index (χ0) is 21.9. The Kier molecular flexibility index (Phi) is 4.31. The first-order chi connectivity index (χ1) is 15.5. The molecule has 0 fully saturated rings. The number of rotatable bonds is 2. The summed E-state index contributed by atoms with van der Waals surface area (Å²) in [5.41, 5.74) is 3.77. The molecular weight excluding hydrogens is 408 g/mol. The predicted octanol–water partition coefficient (Wildman–Crippen LogP) is 8.41. The van der Waals surface area contributed by atoms with Crippen molar-refractivity contribution in [3.05, 3.63) is 84.7 Å². The minimum atomic E-state index is 0.207. The molecular formula is C29H24N2S. The summed E-state index contributed by atoms with van der Waals surface area (Å²) in [6.45, 7) is 6.92. The molecule has 156 valence electrons. The molecule has 2 nitrogen and oxygen atoms in total. The number of fused-ring (bicyclic) bond motifs is 6. The van der Waals surface area contributed by atoms with Crippen LogP contribution in [-0.2, 0) is 6.42 Å². The maximum Gasteiger partial charge on any atom is 0.128 e. The van der Waals surface area contributed by atoms with Crippen LogP contribution in [0.5, 0.6) is 0 Å². The Labute approximate surface area is 191 Å². The van der Waals surface area contributed by atoms with Crippen LogP contribution in [0.1, 0.15) is 26.3 Å². The fourth-order valence-electron chi connectivity index (χ4n) is 4.78. The molecule has 0 saturated heterocycles. The van der Waals surface area contributed by atoms with Crippen LogP contribution in [0.3, 0.4) is 0 Å². The van der Waals surface area contributed by atoms with Gasteiger partial charge >= 0.3 is 0 Å². The molecule has 2 heterocycles. The molecule has 0 bridgehead atoms. The van der Waals surface area contributed by atoms with E-state index < -0.39 is 0 Å². The van der Waals surface area contributed by atoms with Crippen LogP contribution in [-0.4, -0.2) is 9.97 Å². The van der Waals surface area contributed by atoms with Crippen molar-refractivity contribution in [1.29, 1.82) is 0 Å². The molecule has 0 aliphatic carbocycles. The summed E-state index contributed by atoms with van der Waals surface area (Å²) in [4.78, 5) is 10.6. The number of hydrogen-bond donors (Lipinski definition) is 0. The van der Waals surface area contributed by atoms with E-state index in [1.807, 2.05) is 0 Å². The molecule has 0 aliphatic heterocycles. The van der Waals surface area contributed by atoms with Crippen molar-refractivity contribution in [2.45, 2.75) is 27.2 Å². The van der Waals surface area contributed by atoms with Crippen molar-refractivity contribution in [2.24, 2.45) is 5.41 Å². The predicted molar refractivity (Wildman–Crippen MR) is 139 cm³/mol. The minimum Gasteiger partial charge on any atom is -0.236 e. The van der Waals surface area contributed by atoms with Crippen molar-refractivity contribution >= 4 is 53.2 Å². The van der Waals surface area contributed by atoms with Crippen molar-refractivity contribution in [3.8, 4) is 11.3 Å². The number of benzene rings is 4. The highest BCUT2D eigenvalue weighted by molar-refractivity contribution is 7.25. The minimum absolute atomic E-state index is 0.207. The first-order valence-corrected chi connectivity index (χ1v) is 11.9. The van der Waals surface area contributed by atoms with Gasteiger partial charge in [-0.05, 0) is 51.1 Å². The van der Waals surface area contributed by atoms with E-state index in [2.05, 4.69) is 93.6 Å². The van der Waals surface area contributed by atoms with E-state index in [1.165, 1.54) is 42.6 Å². The van der Waals surface area contributed by atoms with E-state index in [9.17, 15) is 0 Å². The molecule has 6 rings (SSSR count). The third-order valence-corrected chi connectivity index (χ3v) is 7.26. The average molecular weight is 433 g/mol. The van der Waals surface area contributed by atoms with Gasteiger partial charge in [0.05, 0.1) is 5.69 Å². The van der Waals surface area contributed by atoms with Crippen molar-refractivity contribution in [3.63, 3.8) is 0 Å². The fraction of sp³-hybridized carbons (Fsp3) is 0.172. The molecule has 4 aromatic carbocycles. The average Bonchev–Trinajstić information content (AvgIpc) is 3.18. The zero-order valence-electron chi connectivity index (χ0n) is 18.5. The Morgan fingerprint density at radius 1 is 0.750 bits per heavy atom. The second-order valence-corrected chi connectivity index (χ2v) is 10.8. The summed E-state index contributed by atoms with van der Waals surface area (Å²) in [6.07, 6.45) is 2.74. The maximum absolute atomic E-state index is 4.81. The van der Waals surface area contributed by atoms with Crippen LogP contribution in [0.4, 0.5) is 0 Å². The SMILES string of the molecule is CC(C)(C)Cc1cc2ccccc2c2c1sc1ncnc(-c3ccc4ccccc4c3)c12. The second kappa shape index (κ2) is 7.11. The summed E-state index contributed by atoms with van der Waals surface area (Å²) in [6, 6.07) is 26.2. The van der Waals surface area contributed by atoms with Crippen LogP contribution < -0.4 is 0 Å². The summed E-state index contributed by atoms with van der Waals surface area (Å²) < 4.78 is 1.34. The lowest BCUT2D eigenvalue weighted by atomic mass is 9.86. The van der Waals surface area contributed by atoms with Gasteiger partial charge in [-0.1, -0.05) is 81.4 Å². The third-order valence-electron chi connectivity index (χ3n) is 6.08. The molecule has 0 saturated carbocycles. The van der Waals surface area contributed by atoms with Gasteiger partial charge in [0.25, 0.3) is 0 Å². The first kappa shape index (κ1) is 19.4. The van der Waals surface area contributed by atoms with E-state index in [4.69, 9.17) is 9.97 Å². The van der Waals surface area contributed by atoms with Gasteiger partial charge in [-0.15, -0.1) is 11.3 Å². The molecule has 0 radical (unpaired) electrons. The standard InChI is InChI=1S/C29H24N2S/c1-29(2,3)16-22-15-20-10-6-7-11-23(20)24-25-26(30-17-31-28(25)32-27(22)24)21-13-12-18-8-4-5-9-19(18)14-21/h4-15,17H,16H2,1-3H3. The number of thiophene rings is 1. The Balaban J connectivity index is 1.74. The molecule has 0 unspecified atom stereocenters. The Morgan fingerprint density at radius 3 is 2.31 bits per heavy atom. The van der Waals surface area contributed by atoms with Gasteiger partial charge < -0.3 is 0 Å². The van der Waals surface area contributed by atoms with Gasteiger partial charge in [0.15, 0.2) is 0 Å². The van der Waals surface area contributed by atoms with Gasteiger partial charge in [0.1, 0.15) is 11.2 Å². The van der Waals surface area contributed by atoms with E-state index >= 15 is 0 Å². The lowest BCUT2D eigenvalue weighted by Crippen LogP contribution is -2.09. The van der Waals surface area contributed by atoms with E-state index in [0.717, 1.165) is 22.5 Å². The van der Waals surface area contributed by atoms with Crippen molar-refractivity contribution in [1.82, 2.24) is 9.97 Å². The first-order valence-electron chi connectivity index (χ1n) is 11.0. The van der Waals surface area contributed by atoms with Gasteiger partial charge in [-0.25, -0.2) is 9.97 Å². The highest BCUT2D eigenvalue weighted by atomic mass is 32.1. The summed E-state index contributed by atoms with van der Waals surface area (Å²) in [7, 11) is 0. The topological polar surface area (TPSA) is 25.8 Å². The highest BCUT2D eigenvalue weighted by Gasteiger charge is 2.21. The van der Waals surface area contributed by atoms with E-state index in [0.29, 0.717) is 0 Å². The molecule has 0 aliphatic rings. The molecule has 6 aromatic rings. The Bertz CT molecular complexity index is 1640. The van der Waals surface area contributed by atoms with Crippen LogP contribution >= 0.6 is 11.3 Å². The van der Waals surface area contributed by atoms with Crippen molar-refractivity contribution in [2.75, 3.05) is 0 Å². The summed E-state index contributed by atoms with van der Waals surface area (Å²) in [5, 5.41) is 7.51. The molecule has 32 heavy (non-hydrogen) atoms. The molecule has 0 N–H and O–H groups in total. The lowest BCUT2D eigenvalue weighted by molar-refractivity contribution is 0.413. The molecule has 0 spiro atoms. The van der Waals surface area contributed by atoms with Gasteiger partial charge in [0.2, 0.25) is 0 Å². The number of hydrogen-bond acceptors (Lipinski definition) is 3. The van der Waals surface area contributed by atoms with Gasteiger partial charge in [0, 0.05) is 21.0 Å². The summed E-state index contributed by atoms with van der Waals surface area (Å²) >= 11 is 1.81. The van der Waals surface area contributed by atoms with Crippen LogP contribution in [0.25, 0.3) is 53.1 Å². The van der Waals surface area contributed by atoms with Crippen LogP contribution in [0, 0.1) is 5.41 Å². The normalized spacial score (nSPS) is 12.3. The Hall–Kier alpha value is -3.30. The van der Waals surface area contributed by atoms with Crippen LogP contribution in [0.15, 0.2) is 79.1 Å². The lowest BCUT2D eigenvalue weighted by Gasteiger charge is -2.19. The largest absolute Gasteiger partial charge is 0.236 e. The molecule has 3 heteroatoms. The number of aromatic nitrogens is 2. The molecule has 0 atom stereocenters. The van der Waals surface area contributed by atoms with Crippen molar-refractivity contribution < 1.29 is 0 Å². The Morgan fingerprint density at radius 2 is 1.50 bits per heavy atom. The van der Waals surface area contributed by atoms with Gasteiger partial charge in [-0.3, -0.25) is 0 Å². The number of nitrogens with zero attached hydrogens (tertiary/aromatic N) is 2. The monoisotopic (exact) mass is 432 g/mol. The van der Waals surface area contributed by atoms with E-state index in [-0.39, 0.29) is 5.41 Å². The van der Waals surface area contributed by atoms with Gasteiger partial charge in [-0.2, -0.15) is 0 Å². The zero-order valence-corrected chi connectivity index (χ0v) is 19.3. The maximum atomic E-state index is 4.81. The fourth-order valence-corrected chi connectivity index (χ4v) is 5.95. The highest BCUT2D eigenvalue weighted by Crippen LogP contribution is 2.44. The van der Waals surface area contributed by atoms with Crippen LogP contribution in [0.2, 0.25) is 0 Å². The second-order valence-electron chi connectivity index (χ2n) is 9.76. The molecule has 0 amide bonds. The van der Waals surface area contributed by atoms with E-state index in [1.54, 1.807) is 17.7 Å². The quantitative estimate of drug-likeness (QED) is 0.274. The third kappa shape index (κ3) is 3.16. The smallest absolute Gasteiger partial charge is 0.128 e. The molecule has 2 aromatic heterocycles.